The Morgan fingerprint density at radius 1 is 1.08 bits per heavy atom. The minimum atomic E-state index is -1.33. The van der Waals surface area contributed by atoms with Crippen molar-refractivity contribution in [2.75, 3.05) is 26.8 Å². The molecule has 3 amide bonds. The van der Waals surface area contributed by atoms with Crippen LogP contribution in [0, 0.1) is 13.8 Å². The fraction of sp³-hybridized carbons (Fsp3) is 0.630. The van der Waals surface area contributed by atoms with Crippen LogP contribution in [0.25, 0.3) is 0 Å². The first-order valence-electron chi connectivity index (χ1n) is 12.7. The summed E-state index contributed by atoms with van der Waals surface area (Å²) in [6.45, 7) is 9.97. The number of unbranched alkanes of at least 4 members (excludes halogenated alkanes) is 3. The van der Waals surface area contributed by atoms with Crippen LogP contribution in [0.3, 0.4) is 0 Å². The molecule has 3 N–H and O–H groups in total. The van der Waals surface area contributed by atoms with E-state index in [1.807, 2.05) is 32.0 Å². The van der Waals surface area contributed by atoms with Gasteiger partial charge in [0, 0.05) is 6.54 Å². The number of carbonyl (C=O) groups is 4. The van der Waals surface area contributed by atoms with E-state index in [0.29, 0.717) is 12.0 Å². The minimum absolute atomic E-state index is 0.203. The maximum atomic E-state index is 13.8. The number of methoxy groups -OCH3 is 1. The average molecular weight is 522 g/mol. The summed E-state index contributed by atoms with van der Waals surface area (Å²) in [6, 6.07) is 3.14. The summed E-state index contributed by atoms with van der Waals surface area (Å²) in [6.07, 6.45) is 2.50. The van der Waals surface area contributed by atoms with E-state index in [1.54, 1.807) is 20.8 Å². The summed E-state index contributed by atoms with van der Waals surface area (Å²) < 4.78 is 9.89. The van der Waals surface area contributed by atoms with E-state index in [4.69, 9.17) is 4.74 Å². The fourth-order valence-corrected chi connectivity index (χ4v) is 3.74. The van der Waals surface area contributed by atoms with Crippen LogP contribution in [0.4, 0.5) is 4.79 Å². The topological polar surface area (TPSA) is 134 Å². The maximum absolute atomic E-state index is 13.8. The molecule has 1 aromatic carbocycles. The Bertz CT molecular complexity index is 927. The molecule has 0 fully saturated rings. The van der Waals surface area contributed by atoms with Gasteiger partial charge in [0.2, 0.25) is 11.8 Å². The zero-order chi connectivity index (χ0) is 28.2. The van der Waals surface area contributed by atoms with E-state index in [-0.39, 0.29) is 13.1 Å². The third-order valence-corrected chi connectivity index (χ3v) is 5.63. The molecule has 0 heterocycles. The predicted octanol–water partition coefficient (Wildman–Crippen LogP) is 2.93. The number of carbonyl (C=O) groups excluding carboxylic acids is 4. The van der Waals surface area contributed by atoms with E-state index in [2.05, 4.69) is 22.3 Å². The number of hydrogen-bond donors (Lipinski definition) is 3. The van der Waals surface area contributed by atoms with Crippen LogP contribution in [0.15, 0.2) is 18.2 Å². The lowest BCUT2D eigenvalue weighted by atomic mass is 9.96. The number of benzene rings is 1. The number of ether oxygens (including phenoxy) is 2. The maximum Gasteiger partial charge on any atom is 0.408 e. The molecular weight excluding hydrogens is 478 g/mol. The second kappa shape index (κ2) is 15.2. The standard InChI is InChI=1S/C27H43N3O7/c1-8-9-10-11-14-30(25(34)21(17-31)29-26(35)37-27(4,5)6)23(24(33)28-16-22(32)36-7)20-15-18(2)12-13-19(20)3/h12-13,15,21,23,31H,8-11,14,16-17H2,1-7H3,(H,28,33)(H,29,35). The number of rotatable bonds is 13. The van der Waals surface area contributed by atoms with Gasteiger partial charge in [-0.2, -0.15) is 0 Å². The minimum Gasteiger partial charge on any atom is -0.468 e. The second-order valence-corrected chi connectivity index (χ2v) is 10.0. The highest BCUT2D eigenvalue weighted by atomic mass is 16.6. The van der Waals surface area contributed by atoms with Gasteiger partial charge in [-0.15, -0.1) is 0 Å². The first-order valence-corrected chi connectivity index (χ1v) is 12.7. The summed E-state index contributed by atoms with van der Waals surface area (Å²) >= 11 is 0. The summed E-state index contributed by atoms with van der Waals surface area (Å²) in [5, 5.41) is 15.0. The van der Waals surface area contributed by atoms with Gasteiger partial charge >= 0.3 is 12.1 Å². The highest BCUT2D eigenvalue weighted by Crippen LogP contribution is 2.27. The van der Waals surface area contributed by atoms with Crippen molar-refractivity contribution in [3.8, 4) is 0 Å². The van der Waals surface area contributed by atoms with Crippen molar-refractivity contribution in [2.45, 2.75) is 84.9 Å². The molecule has 0 aliphatic carbocycles. The van der Waals surface area contributed by atoms with Gasteiger partial charge in [0.25, 0.3) is 0 Å². The molecule has 0 bridgehead atoms. The molecular formula is C27H43N3O7. The quantitative estimate of drug-likeness (QED) is 0.268. The van der Waals surface area contributed by atoms with Gasteiger partial charge in [-0.3, -0.25) is 14.4 Å². The monoisotopic (exact) mass is 521 g/mol. The molecule has 10 nitrogen and oxygen atoms in total. The third-order valence-electron chi connectivity index (χ3n) is 5.63. The van der Waals surface area contributed by atoms with Crippen LogP contribution in [-0.2, 0) is 23.9 Å². The molecule has 0 saturated carbocycles. The highest BCUT2D eigenvalue weighted by molar-refractivity contribution is 5.93. The molecule has 1 aromatic rings. The molecule has 2 unspecified atom stereocenters. The largest absolute Gasteiger partial charge is 0.468 e. The number of esters is 1. The molecule has 37 heavy (non-hydrogen) atoms. The lowest BCUT2D eigenvalue weighted by molar-refractivity contribution is -0.145. The summed E-state index contributed by atoms with van der Waals surface area (Å²) in [5.74, 6) is -1.84. The zero-order valence-corrected chi connectivity index (χ0v) is 23.2. The number of amides is 3. The van der Waals surface area contributed by atoms with Crippen molar-refractivity contribution >= 4 is 23.9 Å². The average Bonchev–Trinajstić information content (AvgIpc) is 2.83. The molecule has 0 aliphatic heterocycles. The number of nitrogens with zero attached hydrogens (tertiary/aromatic N) is 1. The number of hydrogen-bond acceptors (Lipinski definition) is 7. The molecule has 0 aliphatic rings. The van der Waals surface area contributed by atoms with Gasteiger partial charge in [-0.05, 0) is 52.2 Å². The number of aliphatic hydroxyl groups excluding tert-OH is 1. The lowest BCUT2D eigenvalue weighted by Crippen LogP contribution is -2.55. The Hall–Kier alpha value is -3.14. The van der Waals surface area contributed by atoms with Gasteiger partial charge in [0.15, 0.2) is 0 Å². The lowest BCUT2D eigenvalue weighted by Gasteiger charge is -2.35. The SMILES string of the molecule is CCCCCCN(C(=O)C(CO)NC(=O)OC(C)(C)C)C(C(=O)NCC(=O)OC)c1cc(C)ccc1C. The Labute approximate surface area is 220 Å². The van der Waals surface area contributed by atoms with Crippen LogP contribution >= 0.6 is 0 Å². The van der Waals surface area contributed by atoms with Crippen molar-refractivity contribution in [3.63, 3.8) is 0 Å². The third kappa shape index (κ3) is 10.8. The summed E-state index contributed by atoms with van der Waals surface area (Å²) in [5.41, 5.74) is 1.44. The van der Waals surface area contributed by atoms with Gasteiger partial charge in [-0.25, -0.2) is 4.79 Å². The van der Waals surface area contributed by atoms with Crippen LogP contribution in [0.1, 0.15) is 76.1 Å². The van der Waals surface area contributed by atoms with Crippen LogP contribution in [0.5, 0.6) is 0 Å². The normalized spacial score (nSPS) is 12.8. The van der Waals surface area contributed by atoms with E-state index in [9.17, 15) is 24.3 Å². The van der Waals surface area contributed by atoms with Gasteiger partial charge in [-0.1, -0.05) is 49.9 Å². The van der Waals surface area contributed by atoms with Crippen LogP contribution in [-0.4, -0.2) is 72.3 Å². The molecule has 0 spiro atoms. The smallest absolute Gasteiger partial charge is 0.408 e. The Kier molecular flexibility index (Phi) is 13.1. The number of nitrogens with one attached hydrogen (secondary N) is 2. The Balaban J connectivity index is 3.46. The zero-order valence-electron chi connectivity index (χ0n) is 23.2. The molecule has 10 heteroatoms. The molecule has 0 aromatic heterocycles. The first kappa shape index (κ1) is 31.9. The van der Waals surface area contributed by atoms with E-state index in [1.165, 1.54) is 12.0 Å². The number of alkyl carbamates (subject to hydrolysis) is 1. The van der Waals surface area contributed by atoms with Crippen molar-refractivity contribution < 1.29 is 33.8 Å². The van der Waals surface area contributed by atoms with Gasteiger partial charge in [0.05, 0.1) is 13.7 Å². The molecule has 0 radical (unpaired) electrons. The molecule has 0 saturated heterocycles. The van der Waals surface area contributed by atoms with Crippen molar-refractivity contribution in [1.29, 1.82) is 0 Å². The molecule has 2 atom stereocenters. The highest BCUT2D eigenvalue weighted by Gasteiger charge is 2.36. The predicted molar refractivity (Wildman–Crippen MR) is 140 cm³/mol. The van der Waals surface area contributed by atoms with Crippen LogP contribution < -0.4 is 10.6 Å². The number of aliphatic hydroxyl groups is 1. The molecule has 1 rings (SSSR count). The molecule has 208 valence electrons. The Morgan fingerprint density at radius 2 is 1.76 bits per heavy atom. The van der Waals surface area contributed by atoms with Crippen molar-refractivity contribution in [1.82, 2.24) is 15.5 Å². The van der Waals surface area contributed by atoms with E-state index in [0.717, 1.165) is 30.4 Å². The van der Waals surface area contributed by atoms with Gasteiger partial charge in [0.1, 0.15) is 24.2 Å². The van der Waals surface area contributed by atoms with Crippen molar-refractivity contribution in [3.05, 3.63) is 34.9 Å². The summed E-state index contributed by atoms with van der Waals surface area (Å²) in [4.78, 5) is 52.7. The first-order chi connectivity index (χ1) is 17.3. The Morgan fingerprint density at radius 3 is 2.32 bits per heavy atom. The van der Waals surface area contributed by atoms with Crippen LogP contribution in [0.2, 0.25) is 0 Å². The van der Waals surface area contributed by atoms with Gasteiger partial charge < -0.3 is 30.1 Å². The van der Waals surface area contributed by atoms with E-state index < -0.39 is 48.2 Å². The second-order valence-electron chi connectivity index (χ2n) is 10.0. The number of aryl methyl sites for hydroxylation is 2. The van der Waals surface area contributed by atoms with Crippen molar-refractivity contribution in [2.24, 2.45) is 0 Å². The summed E-state index contributed by atoms with van der Waals surface area (Å²) in [7, 11) is 1.22. The van der Waals surface area contributed by atoms with E-state index >= 15 is 0 Å². The fourth-order valence-electron chi connectivity index (χ4n) is 3.74.